The average Bonchev–Trinajstić information content (AvgIpc) is 2.55. The lowest BCUT2D eigenvalue weighted by atomic mass is 10.2. The summed E-state index contributed by atoms with van der Waals surface area (Å²) in [5.74, 6) is 0.483. The van der Waals surface area contributed by atoms with Crippen molar-refractivity contribution in [2.75, 3.05) is 18.4 Å². The molecule has 0 aliphatic heterocycles. The summed E-state index contributed by atoms with van der Waals surface area (Å²) in [5.41, 5.74) is 1.65. The lowest BCUT2D eigenvalue weighted by Gasteiger charge is -2.14. The van der Waals surface area contributed by atoms with Gasteiger partial charge in [-0.3, -0.25) is 4.79 Å². The molecule has 0 unspecified atom stereocenters. The van der Waals surface area contributed by atoms with Crippen LogP contribution >= 0.6 is 15.9 Å². The van der Waals surface area contributed by atoms with Crippen LogP contribution in [0.15, 0.2) is 53.0 Å². The molecule has 0 radical (unpaired) electrons. The lowest BCUT2D eigenvalue weighted by Crippen LogP contribution is -2.26. The maximum absolute atomic E-state index is 12.4. The van der Waals surface area contributed by atoms with E-state index in [1.165, 1.54) is 0 Å². The normalized spacial score (nSPS) is 10.5. The molecule has 2 aromatic rings. The Kier molecular flexibility index (Phi) is 7.12. The predicted octanol–water partition coefficient (Wildman–Crippen LogP) is 4.47. The first-order valence-electron chi connectivity index (χ1n) is 8.09. The zero-order valence-electron chi connectivity index (χ0n) is 14.0. The summed E-state index contributed by atoms with van der Waals surface area (Å²) in [5, 5.41) is 6.26. The zero-order chi connectivity index (χ0) is 17.4. The van der Waals surface area contributed by atoms with E-state index in [1.807, 2.05) is 56.3 Å². The highest BCUT2D eigenvalue weighted by Crippen LogP contribution is 2.24. The maximum atomic E-state index is 12.4. The number of halogens is 1. The molecule has 0 saturated carbocycles. The highest BCUT2D eigenvalue weighted by Gasteiger charge is 2.13. The molecule has 0 fully saturated rings. The summed E-state index contributed by atoms with van der Waals surface area (Å²) < 4.78 is 6.62. The first-order valence-corrected chi connectivity index (χ1v) is 8.89. The number of carbonyl (C=O) groups is 1. The fourth-order valence-corrected chi connectivity index (χ4v) is 2.55. The second kappa shape index (κ2) is 9.33. The molecule has 5 heteroatoms. The van der Waals surface area contributed by atoms with E-state index in [9.17, 15) is 4.79 Å². The summed E-state index contributed by atoms with van der Waals surface area (Å²) >= 11 is 3.41. The van der Waals surface area contributed by atoms with Crippen LogP contribution in [0.3, 0.4) is 0 Å². The van der Waals surface area contributed by atoms with Crippen molar-refractivity contribution < 1.29 is 9.53 Å². The van der Waals surface area contributed by atoms with Gasteiger partial charge in [0.2, 0.25) is 0 Å². The van der Waals surface area contributed by atoms with Crippen LogP contribution in [-0.4, -0.2) is 25.1 Å². The number of anilines is 1. The van der Waals surface area contributed by atoms with Crippen LogP contribution in [0, 0.1) is 0 Å². The quantitative estimate of drug-likeness (QED) is 0.653. The molecule has 0 bridgehead atoms. The summed E-state index contributed by atoms with van der Waals surface area (Å²) in [6.45, 7) is 5.30. The summed E-state index contributed by atoms with van der Waals surface area (Å²) in [7, 11) is 0. The van der Waals surface area contributed by atoms with Gasteiger partial charge in [0.15, 0.2) is 0 Å². The van der Waals surface area contributed by atoms with Gasteiger partial charge in [-0.05, 0) is 50.6 Å². The van der Waals surface area contributed by atoms with E-state index in [0.717, 1.165) is 23.1 Å². The smallest absolute Gasteiger partial charge is 0.255 e. The minimum absolute atomic E-state index is 0.0147. The second-order valence-electron chi connectivity index (χ2n) is 5.71. The van der Waals surface area contributed by atoms with Crippen LogP contribution < -0.4 is 15.4 Å². The molecule has 0 spiro atoms. The van der Waals surface area contributed by atoms with Crippen molar-refractivity contribution in [3.8, 4) is 5.75 Å². The fourth-order valence-electron chi connectivity index (χ4n) is 2.21. The van der Waals surface area contributed by atoms with E-state index in [-0.39, 0.29) is 12.0 Å². The molecule has 0 aromatic heterocycles. The minimum Gasteiger partial charge on any atom is -0.490 e. The molecule has 128 valence electrons. The Bertz CT molecular complexity index is 660. The predicted molar refractivity (Wildman–Crippen MR) is 102 cm³/mol. The van der Waals surface area contributed by atoms with Crippen LogP contribution in [0.2, 0.25) is 0 Å². The Morgan fingerprint density at radius 1 is 1.12 bits per heavy atom. The number of para-hydroxylation sites is 1. The fraction of sp³-hybridized carbons (Fsp3) is 0.316. The standard InChI is InChI=1S/C19H23BrN2O2/c1-14(2)24-18-13-15(20)9-10-17(18)19(23)22-12-6-11-21-16-7-4-3-5-8-16/h3-5,7-10,13-14,21H,6,11-12H2,1-2H3,(H,22,23). The number of ether oxygens (including phenoxy) is 1. The third kappa shape index (κ3) is 5.89. The number of nitrogens with one attached hydrogen (secondary N) is 2. The Morgan fingerprint density at radius 2 is 1.88 bits per heavy atom. The SMILES string of the molecule is CC(C)Oc1cc(Br)ccc1C(=O)NCCCNc1ccccc1. The van der Waals surface area contributed by atoms with Crippen LogP contribution in [0.4, 0.5) is 5.69 Å². The van der Waals surface area contributed by atoms with Gasteiger partial charge >= 0.3 is 0 Å². The molecule has 0 aliphatic rings. The Balaban J connectivity index is 1.82. The van der Waals surface area contributed by atoms with Crippen molar-refractivity contribution in [2.24, 2.45) is 0 Å². The van der Waals surface area contributed by atoms with Gasteiger partial charge in [0, 0.05) is 23.2 Å². The topological polar surface area (TPSA) is 50.4 Å². The van der Waals surface area contributed by atoms with Crippen molar-refractivity contribution in [2.45, 2.75) is 26.4 Å². The highest BCUT2D eigenvalue weighted by molar-refractivity contribution is 9.10. The summed E-state index contributed by atoms with van der Waals surface area (Å²) in [4.78, 5) is 12.4. The monoisotopic (exact) mass is 390 g/mol. The Morgan fingerprint density at radius 3 is 2.58 bits per heavy atom. The first kappa shape index (κ1) is 18.3. The molecule has 24 heavy (non-hydrogen) atoms. The van der Waals surface area contributed by atoms with Gasteiger partial charge in [0.05, 0.1) is 11.7 Å². The van der Waals surface area contributed by atoms with Crippen LogP contribution in [0.25, 0.3) is 0 Å². The molecule has 1 amide bonds. The molecular formula is C19H23BrN2O2. The maximum Gasteiger partial charge on any atom is 0.255 e. The molecule has 4 nitrogen and oxygen atoms in total. The van der Waals surface area contributed by atoms with E-state index in [2.05, 4.69) is 26.6 Å². The third-order valence-corrected chi connectivity index (χ3v) is 3.79. The number of amides is 1. The van der Waals surface area contributed by atoms with E-state index in [4.69, 9.17) is 4.74 Å². The van der Waals surface area contributed by atoms with Gasteiger partial charge in [-0.1, -0.05) is 34.1 Å². The van der Waals surface area contributed by atoms with Gasteiger partial charge < -0.3 is 15.4 Å². The third-order valence-electron chi connectivity index (χ3n) is 3.29. The van der Waals surface area contributed by atoms with Gasteiger partial charge in [-0.15, -0.1) is 0 Å². The lowest BCUT2D eigenvalue weighted by molar-refractivity contribution is 0.0947. The van der Waals surface area contributed by atoms with Gasteiger partial charge in [0.25, 0.3) is 5.91 Å². The van der Waals surface area contributed by atoms with Gasteiger partial charge in [-0.2, -0.15) is 0 Å². The molecule has 0 saturated heterocycles. The zero-order valence-corrected chi connectivity index (χ0v) is 15.6. The van der Waals surface area contributed by atoms with E-state index >= 15 is 0 Å². The van der Waals surface area contributed by atoms with Crippen molar-refractivity contribution in [1.29, 1.82) is 0 Å². The van der Waals surface area contributed by atoms with Gasteiger partial charge in [0.1, 0.15) is 5.75 Å². The summed E-state index contributed by atoms with van der Waals surface area (Å²) in [6, 6.07) is 15.5. The van der Waals surface area contributed by atoms with Crippen LogP contribution in [0.5, 0.6) is 5.75 Å². The number of rotatable bonds is 8. The van der Waals surface area contributed by atoms with Crippen LogP contribution in [-0.2, 0) is 0 Å². The largest absolute Gasteiger partial charge is 0.490 e. The van der Waals surface area contributed by atoms with E-state index in [0.29, 0.717) is 17.9 Å². The van der Waals surface area contributed by atoms with Gasteiger partial charge in [-0.25, -0.2) is 0 Å². The minimum atomic E-state index is -0.113. The number of hydrogen-bond donors (Lipinski definition) is 2. The van der Waals surface area contributed by atoms with Crippen LogP contribution in [0.1, 0.15) is 30.6 Å². The van der Waals surface area contributed by atoms with Crippen molar-refractivity contribution in [1.82, 2.24) is 5.32 Å². The first-order chi connectivity index (χ1) is 11.6. The number of benzene rings is 2. The molecule has 2 rings (SSSR count). The van der Waals surface area contributed by atoms with E-state index < -0.39 is 0 Å². The molecule has 0 heterocycles. The van der Waals surface area contributed by atoms with Crippen molar-refractivity contribution in [3.63, 3.8) is 0 Å². The molecule has 2 aromatic carbocycles. The van der Waals surface area contributed by atoms with Crippen molar-refractivity contribution >= 4 is 27.5 Å². The number of carbonyl (C=O) groups excluding carboxylic acids is 1. The second-order valence-corrected chi connectivity index (χ2v) is 6.63. The number of hydrogen-bond acceptors (Lipinski definition) is 3. The summed E-state index contributed by atoms with van der Waals surface area (Å²) in [6.07, 6.45) is 0.860. The molecular weight excluding hydrogens is 368 g/mol. The Hall–Kier alpha value is -2.01. The van der Waals surface area contributed by atoms with E-state index in [1.54, 1.807) is 6.07 Å². The Labute approximate surface area is 151 Å². The molecule has 0 aliphatic carbocycles. The van der Waals surface area contributed by atoms with Crippen molar-refractivity contribution in [3.05, 3.63) is 58.6 Å². The molecule has 2 N–H and O–H groups in total. The average molecular weight is 391 g/mol. The highest BCUT2D eigenvalue weighted by atomic mass is 79.9. The molecule has 0 atom stereocenters.